The van der Waals surface area contributed by atoms with Crippen molar-refractivity contribution in [1.29, 1.82) is 5.26 Å². The second-order valence-corrected chi connectivity index (χ2v) is 5.81. The van der Waals surface area contributed by atoms with E-state index in [0.717, 1.165) is 17.0 Å². The van der Waals surface area contributed by atoms with Gasteiger partial charge in [0.1, 0.15) is 23.2 Å². The number of nitrogens with zero attached hydrogens (tertiary/aromatic N) is 3. The van der Waals surface area contributed by atoms with Crippen molar-refractivity contribution < 1.29 is 5.11 Å². The molecule has 0 spiro atoms. The Kier molecular flexibility index (Phi) is 3.87. The average Bonchev–Trinajstić information content (AvgIpc) is 2.85. The van der Waals surface area contributed by atoms with Crippen LogP contribution < -0.4 is 5.73 Å². The van der Waals surface area contributed by atoms with Gasteiger partial charge in [0.25, 0.3) is 0 Å². The molecule has 2 aromatic heterocycles. The number of halogens is 1. The lowest BCUT2D eigenvalue weighted by atomic mass is 9.97. The largest absolute Gasteiger partial charge is 0.508 e. The average molecular weight is 340 g/mol. The number of rotatable bonds is 2. The number of nitrogen functional groups attached to an aromatic ring is 1. The minimum absolute atomic E-state index is 0.0473. The third-order valence-electron chi connectivity index (χ3n) is 3.79. The molecule has 7 heteroatoms. The van der Waals surface area contributed by atoms with Crippen LogP contribution in [0.15, 0.2) is 24.3 Å². The number of nitrogens with two attached hydrogens (primary N) is 1. The Morgan fingerprint density at radius 3 is 2.58 bits per heavy atom. The minimum Gasteiger partial charge on any atom is -0.508 e. The molecule has 4 N–H and O–H groups in total. The number of phenols is 1. The van der Waals surface area contributed by atoms with Crippen LogP contribution in [0.2, 0.25) is 5.02 Å². The predicted molar refractivity (Wildman–Crippen MR) is 92.5 cm³/mol. The number of aryl methyl sites for hydroxylation is 2. The fourth-order valence-corrected chi connectivity index (χ4v) is 2.95. The molecule has 0 aliphatic carbocycles. The van der Waals surface area contributed by atoms with E-state index in [1.54, 1.807) is 12.1 Å². The van der Waals surface area contributed by atoms with Gasteiger partial charge in [0.15, 0.2) is 0 Å². The lowest BCUT2D eigenvalue weighted by Crippen LogP contribution is -2.00. The second kappa shape index (κ2) is 5.87. The Morgan fingerprint density at radius 2 is 2.00 bits per heavy atom. The number of anilines is 1. The summed E-state index contributed by atoms with van der Waals surface area (Å²) in [6, 6.07) is 8.41. The fraction of sp³-hybridized carbons (Fsp3) is 0.118. The number of nitrogens with one attached hydrogen (secondary N) is 1. The van der Waals surface area contributed by atoms with Crippen LogP contribution in [0.1, 0.15) is 17.0 Å². The van der Waals surface area contributed by atoms with Crippen molar-refractivity contribution in [1.82, 2.24) is 15.2 Å². The van der Waals surface area contributed by atoms with E-state index in [1.807, 2.05) is 13.8 Å². The van der Waals surface area contributed by atoms with Gasteiger partial charge < -0.3 is 10.8 Å². The molecule has 0 aliphatic heterocycles. The molecule has 0 radical (unpaired) electrons. The third-order valence-corrected chi connectivity index (χ3v) is 4.10. The zero-order valence-electron chi connectivity index (χ0n) is 13.1. The monoisotopic (exact) mass is 339 g/mol. The van der Waals surface area contributed by atoms with Crippen LogP contribution in [0.25, 0.3) is 22.4 Å². The molecule has 0 unspecified atom stereocenters. The lowest BCUT2D eigenvalue weighted by molar-refractivity contribution is 0.475. The molecule has 0 saturated carbocycles. The first-order valence-corrected chi connectivity index (χ1v) is 7.51. The van der Waals surface area contributed by atoms with Crippen molar-refractivity contribution in [3.05, 3.63) is 46.2 Å². The maximum atomic E-state index is 9.54. The molecular formula is C17H14ClN5O. The third kappa shape index (κ3) is 2.55. The number of aromatic nitrogens is 3. The van der Waals surface area contributed by atoms with Gasteiger partial charge in [-0.05, 0) is 38.1 Å². The number of phenolic OH excluding ortho intramolecular Hbond substituents is 1. The molecule has 3 rings (SSSR count). The first kappa shape index (κ1) is 15.8. The summed E-state index contributed by atoms with van der Waals surface area (Å²) in [5.41, 5.74) is 10.5. The maximum Gasteiger partial charge on any atom is 0.142 e. The summed E-state index contributed by atoms with van der Waals surface area (Å²) in [5, 5.41) is 26.4. The van der Waals surface area contributed by atoms with E-state index < -0.39 is 0 Å². The molecule has 2 heterocycles. The number of benzene rings is 1. The van der Waals surface area contributed by atoms with Crippen LogP contribution in [0.4, 0.5) is 5.82 Å². The van der Waals surface area contributed by atoms with Gasteiger partial charge in [-0.15, -0.1) is 0 Å². The Morgan fingerprint density at radius 1 is 1.25 bits per heavy atom. The van der Waals surface area contributed by atoms with E-state index in [-0.39, 0.29) is 17.1 Å². The smallest absolute Gasteiger partial charge is 0.142 e. The Bertz CT molecular complexity index is 968. The molecule has 120 valence electrons. The summed E-state index contributed by atoms with van der Waals surface area (Å²) in [4.78, 5) is 4.34. The highest BCUT2D eigenvalue weighted by Gasteiger charge is 2.18. The van der Waals surface area contributed by atoms with E-state index in [1.165, 1.54) is 12.1 Å². The van der Waals surface area contributed by atoms with E-state index in [9.17, 15) is 10.4 Å². The predicted octanol–water partition coefficient (Wildman–Crippen LogP) is 3.57. The van der Waals surface area contributed by atoms with Gasteiger partial charge in [-0.25, -0.2) is 4.98 Å². The van der Waals surface area contributed by atoms with Gasteiger partial charge in [-0.2, -0.15) is 10.4 Å². The summed E-state index contributed by atoms with van der Waals surface area (Å²) >= 11 is 6.24. The van der Waals surface area contributed by atoms with E-state index in [0.29, 0.717) is 21.8 Å². The van der Waals surface area contributed by atoms with Gasteiger partial charge in [0, 0.05) is 22.4 Å². The Balaban J connectivity index is 2.31. The van der Waals surface area contributed by atoms with Crippen LogP contribution in [-0.2, 0) is 0 Å². The fourth-order valence-electron chi connectivity index (χ4n) is 2.67. The molecule has 6 nitrogen and oxygen atoms in total. The maximum absolute atomic E-state index is 9.54. The number of pyridine rings is 1. The molecule has 1 aromatic carbocycles. The summed E-state index contributed by atoms with van der Waals surface area (Å²) in [6.45, 7) is 3.75. The van der Waals surface area contributed by atoms with Crippen LogP contribution in [0, 0.1) is 25.2 Å². The van der Waals surface area contributed by atoms with Crippen LogP contribution in [0.5, 0.6) is 5.75 Å². The molecule has 0 amide bonds. The summed E-state index contributed by atoms with van der Waals surface area (Å²) in [7, 11) is 0. The topological polar surface area (TPSA) is 112 Å². The highest BCUT2D eigenvalue weighted by molar-refractivity contribution is 6.33. The minimum atomic E-state index is 0.0473. The van der Waals surface area contributed by atoms with Crippen molar-refractivity contribution in [3.8, 4) is 34.2 Å². The molecule has 0 bridgehead atoms. The standard InChI is InChI=1S/C17H14ClN5O/c1-8-16(9(2)23-22-8)15-6-12(13(7-19)17(20)21-15)11-4-3-10(24)5-14(11)18/h3-6,24H,1-2H3,(H2,20,21)(H,22,23). The van der Waals surface area contributed by atoms with Gasteiger partial charge in [-0.1, -0.05) is 11.6 Å². The zero-order valence-corrected chi connectivity index (χ0v) is 13.8. The van der Waals surface area contributed by atoms with Crippen LogP contribution >= 0.6 is 11.6 Å². The van der Waals surface area contributed by atoms with Gasteiger partial charge in [0.05, 0.1) is 16.4 Å². The number of aromatic hydroxyl groups is 1. The molecular weight excluding hydrogens is 326 g/mol. The molecule has 0 atom stereocenters. The quantitative estimate of drug-likeness (QED) is 0.660. The Hall–Kier alpha value is -3.04. The molecule has 0 saturated heterocycles. The van der Waals surface area contributed by atoms with Crippen molar-refractivity contribution in [3.63, 3.8) is 0 Å². The highest BCUT2D eigenvalue weighted by atomic mass is 35.5. The van der Waals surface area contributed by atoms with Crippen molar-refractivity contribution in [2.75, 3.05) is 5.73 Å². The van der Waals surface area contributed by atoms with Gasteiger partial charge >= 0.3 is 0 Å². The number of aromatic amines is 1. The van der Waals surface area contributed by atoms with Crippen molar-refractivity contribution >= 4 is 17.4 Å². The summed E-state index contributed by atoms with van der Waals surface area (Å²) in [5.74, 6) is 0.167. The van der Waals surface area contributed by atoms with E-state index >= 15 is 0 Å². The summed E-state index contributed by atoms with van der Waals surface area (Å²) in [6.07, 6.45) is 0. The number of hydrogen-bond acceptors (Lipinski definition) is 5. The zero-order chi connectivity index (χ0) is 17.4. The SMILES string of the molecule is Cc1n[nH]c(C)c1-c1cc(-c2ccc(O)cc2Cl)c(C#N)c(N)n1. The molecule has 0 fully saturated rings. The van der Waals surface area contributed by atoms with Crippen LogP contribution in [-0.4, -0.2) is 20.3 Å². The molecule has 24 heavy (non-hydrogen) atoms. The lowest BCUT2D eigenvalue weighted by Gasteiger charge is -2.12. The first-order valence-electron chi connectivity index (χ1n) is 7.13. The number of H-pyrrole nitrogens is 1. The highest BCUT2D eigenvalue weighted by Crippen LogP contribution is 2.37. The molecule has 0 aliphatic rings. The number of nitriles is 1. The molecule has 3 aromatic rings. The van der Waals surface area contributed by atoms with Crippen LogP contribution in [0.3, 0.4) is 0 Å². The van der Waals surface area contributed by atoms with E-state index in [2.05, 4.69) is 21.3 Å². The van der Waals surface area contributed by atoms with Gasteiger partial charge in [0.2, 0.25) is 0 Å². The normalized spacial score (nSPS) is 10.6. The Labute approximate surface area is 143 Å². The van der Waals surface area contributed by atoms with Crippen molar-refractivity contribution in [2.24, 2.45) is 0 Å². The first-order chi connectivity index (χ1) is 11.4. The summed E-state index contributed by atoms with van der Waals surface area (Å²) < 4.78 is 0. The van der Waals surface area contributed by atoms with Crippen molar-refractivity contribution in [2.45, 2.75) is 13.8 Å². The second-order valence-electron chi connectivity index (χ2n) is 5.40. The van der Waals surface area contributed by atoms with E-state index in [4.69, 9.17) is 17.3 Å². The number of hydrogen-bond donors (Lipinski definition) is 3. The van der Waals surface area contributed by atoms with Gasteiger partial charge in [-0.3, -0.25) is 5.10 Å².